The maximum Gasteiger partial charge on any atom is 0.0655 e. The summed E-state index contributed by atoms with van der Waals surface area (Å²) < 4.78 is 2.05. The molecule has 1 fully saturated rings. The zero-order valence-electron chi connectivity index (χ0n) is 8.32. The molecule has 14 heavy (non-hydrogen) atoms. The highest BCUT2D eigenvalue weighted by Gasteiger charge is 2.16. The summed E-state index contributed by atoms with van der Waals surface area (Å²) in [7, 11) is 0. The molecule has 1 aliphatic heterocycles. The fourth-order valence-electron chi connectivity index (χ4n) is 1.85. The number of hydrogen-bond acceptors (Lipinski definition) is 3. The van der Waals surface area contributed by atoms with E-state index < -0.39 is 0 Å². The Balaban J connectivity index is 1.94. The van der Waals surface area contributed by atoms with Crippen LogP contribution in [0.5, 0.6) is 0 Å². The van der Waals surface area contributed by atoms with Gasteiger partial charge in [-0.25, -0.2) is 0 Å². The monoisotopic (exact) mass is 195 g/mol. The highest BCUT2D eigenvalue weighted by Crippen LogP contribution is 2.14. The number of nitrogens with one attached hydrogen (secondary N) is 1. The van der Waals surface area contributed by atoms with Crippen LogP contribution in [-0.4, -0.2) is 34.6 Å². The molecule has 4 nitrogen and oxygen atoms in total. The first-order chi connectivity index (χ1) is 6.90. The Morgan fingerprint density at radius 1 is 1.64 bits per heavy atom. The van der Waals surface area contributed by atoms with E-state index in [0.29, 0.717) is 6.04 Å². The molecule has 0 amide bonds. The van der Waals surface area contributed by atoms with Crippen LogP contribution in [0.25, 0.3) is 0 Å². The van der Waals surface area contributed by atoms with Gasteiger partial charge < -0.3 is 10.4 Å². The van der Waals surface area contributed by atoms with Crippen LogP contribution in [0.3, 0.4) is 0 Å². The minimum absolute atomic E-state index is 0.260. The van der Waals surface area contributed by atoms with E-state index in [1.54, 1.807) is 0 Å². The topological polar surface area (TPSA) is 50.1 Å². The number of hydrogen-bond donors (Lipinski definition) is 2. The first-order valence-electron chi connectivity index (χ1n) is 5.25. The molecule has 0 bridgehead atoms. The molecule has 1 unspecified atom stereocenters. The Morgan fingerprint density at radius 2 is 2.57 bits per heavy atom. The second-order valence-corrected chi connectivity index (χ2v) is 3.80. The molecule has 0 saturated carbocycles. The number of nitrogens with zero attached hydrogens (tertiary/aromatic N) is 2. The zero-order valence-corrected chi connectivity index (χ0v) is 8.32. The van der Waals surface area contributed by atoms with E-state index in [0.717, 1.165) is 25.9 Å². The largest absolute Gasteiger partial charge is 0.396 e. The molecule has 2 N–H and O–H groups in total. The quantitative estimate of drug-likeness (QED) is 0.728. The molecule has 1 saturated heterocycles. The average Bonchev–Trinajstić information content (AvgIpc) is 2.85. The van der Waals surface area contributed by atoms with Gasteiger partial charge in [-0.05, 0) is 31.4 Å². The lowest BCUT2D eigenvalue weighted by atomic mass is 10.2. The predicted octanol–water partition coefficient (Wildman–Crippen LogP) is 0.342. The van der Waals surface area contributed by atoms with Gasteiger partial charge >= 0.3 is 0 Å². The first kappa shape index (κ1) is 9.68. The standard InChI is InChI=1S/C10H17N3O/c14-5-1-2-9-6-12-13(8-9)10-3-4-11-7-10/h6,8,10-11,14H,1-5,7H2. The SMILES string of the molecule is OCCCc1cnn(C2CCNC2)c1. The van der Waals surface area contributed by atoms with E-state index in [4.69, 9.17) is 5.11 Å². The molecule has 0 aromatic carbocycles. The Bertz CT molecular complexity index is 279. The number of rotatable bonds is 4. The van der Waals surface area contributed by atoms with Crippen LogP contribution in [-0.2, 0) is 6.42 Å². The average molecular weight is 195 g/mol. The van der Waals surface area contributed by atoms with Crippen LogP contribution >= 0.6 is 0 Å². The van der Waals surface area contributed by atoms with Crippen LogP contribution < -0.4 is 5.32 Å². The highest BCUT2D eigenvalue weighted by atomic mass is 16.2. The summed E-state index contributed by atoms with van der Waals surface area (Å²) >= 11 is 0. The van der Waals surface area contributed by atoms with Crippen molar-refractivity contribution in [2.75, 3.05) is 19.7 Å². The summed E-state index contributed by atoms with van der Waals surface area (Å²) in [6, 6.07) is 0.526. The van der Waals surface area contributed by atoms with Crippen LogP contribution in [0, 0.1) is 0 Å². The van der Waals surface area contributed by atoms with Crippen LogP contribution in [0.4, 0.5) is 0 Å². The minimum atomic E-state index is 0.260. The van der Waals surface area contributed by atoms with Crippen molar-refractivity contribution in [2.24, 2.45) is 0 Å². The minimum Gasteiger partial charge on any atom is -0.396 e. The Kier molecular flexibility index (Phi) is 3.16. The molecule has 1 aromatic heterocycles. The van der Waals surface area contributed by atoms with Crippen molar-refractivity contribution < 1.29 is 5.11 Å². The smallest absolute Gasteiger partial charge is 0.0655 e. The number of aliphatic hydroxyl groups excluding tert-OH is 1. The third-order valence-electron chi connectivity index (χ3n) is 2.69. The van der Waals surface area contributed by atoms with E-state index >= 15 is 0 Å². The first-order valence-corrected chi connectivity index (χ1v) is 5.25. The van der Waals surface area contributed by atoms with Gasteiger partial charge in [0.2, 0.25) is 0 Å². The summed E-state index contributed by atoms with van der Waals surface area (Å²) in [5, 5.41) is 16.4. The molecule has 1 atom stereocenters. The lowest BCUT2D eigenvalue weighted by Crippen LogP contribution is -2.13. The maximum absolute atomic E-state index is 8.71. The second-order valence-electron chi connectivity index (χ2n) is 3.80. The van der Waals surface area contributed by atoms with Gasteiger partial charge in [-0.3, -0.25) is 4.68 Å². The van der Waals surface area contributed by atoms with E-state index in [-0.39, 0.29) is 6.61 Å². The van der Waals surface area contributed by atoms with Gasteiger partial charge in [-0.15, -0.1) is 0 Å². The van der Waals surface area contributed by atoms with Crippen molar-refractivity contribution >= 4 is 0 Å². The predicted molar refractivity (Wildman–Crippen MR) is 54.2 cm³/mol. The summed E-state index contributed by atoms with van der Waals surface area (Å²) in [5.41, 5.74) is 1.23. The van der Waals surface area contributed by atoms with Crippen molar-refractivity contribution in [3.8, 4) is 0 Å². The summed E-state index contributed by atoms with van der Waals surface area (Å²) in [4.78, 5) is 0. The van der Waals surface area contributed by atoms with E-state index in [1.807, 2.05) is 10.9 Å². The fourth-order valence-corrected chi connectivity index (χ4v) is 1.85. The normalized spacial score (nSPS) is 21.6. The molecule has 4 heteroatoms. The van der Waals surface area contributed by atoms with Gasteiger partial charge in [0.1, 0.15) is 0 Å². The van der Waals surface area contributed by atoms with Crippen LogP contribution in [0.2, 0.25) is 0 Å². The molecule has 0 spiro atoms. The molecular formula is C10H17N3O. The van der Waals surface area contributed by atoms with Crippen molar-refractivity contribution in [2.45, 2.75) is 25.3 Å². The molecule has 2 heterocycles. The molecule has 0 radical (unpaired) electrons. The van der Waals surface area contributed by atoms with Crippen LogP contribution in [0.15, 0.2) is 12.4 Å². The maximum atomic E-state index is 8.71. The highest BCUT2D eigenvalue weighted by molar-refractivity contribution is 5.05. The molecule has 2 rings (SSSR count). The number of aromatic nitrogens is 2. The van der Waals surface area contributed by atoms with Gasteiger partial charge in [0.15, 0.2) is 0 Å². The lowest BCUT2D eigenvalue weighted by molar-refractivity contribution is 0.288. The molecular weight excluding hydrogens is 178 g/mol. The molecule has 1 aromatic rings. The van der Waals surface area contributed by atoms with Gasteiger partial charge in [-0.2, -0.15) is 5.10 Å². The van der Waals surface area contributed by atoms with Crippen molar-refractivity contribution in [1.82, 2.24) is 15.1 Å². The van der Waals surface area contributed by atoms with Gasteiger partial charge in [0.05, 0.1) is 12.2 Å². The van der Waals surface area contributed by atoms with E-state index in [9.17, 15) is 0 Å². The Labute approximate surface area is 83.9 Å². The van der Waals surface area contributed by atoms with Crippen molar-refractivity contribution in [3.63, 3.8) is 0 Å². The lowest BCUT2D eigenvalue weighted by Gasteiger charge is -2.07. The fraction of sp³-hybridized carbons (Fsp3) is 0.700. The number of aryl methyl sites for hydroxylation is 1. The van der Waals surface area contributed by atoms with Gasteiger partial charge in [0, 0.05) is 19.3 Å². The third-order valence-corrected chi connectivity index (χ3v) is 2.69. The molecule has 78 valence electrons. The Morgan fingerprint density at radius 3 is 3.29 bits per heavy atom. The molecule has 0 aliphatic carbocycles. The zero-order chi connectivity index (χ0) is 9.80. The van der Waals surface area contributed by atoms with Crippen molar-refractivity contribution in [3.05, 3.63) is 18.0 Å². The van der Waals surface area contributed by atoms with Gasteiger partial charge in [-0.1, -0.05) is 0 Å². The summed E-state index contributed by atoms with van der Waals surface area (Å²) in [6.45, 7) is 2.38. The van der Waals surface area contributed by atoms with E-state index in [1.165, 1.54) is 12.0 Å². The van der Waals surface area contributed by atoms with Crippen molar-refractivity contribution in [1.29, 1.82) is 0 Å². The third kappa shape index (κ3) is 2.13. The summed E-state index contributed by atoms with van der Waals surface area (Å²) in [6.07, 6.45) is 6.94. The summed E-state index contributed by atoms with van der Waals surface area (Å²) in [5.74, 6) is 0. The van der Waals surface area contributed by atoms with Gasteiger partial charge in [0.25, 0.3) is 0 Å². The number of aliphatic hydroxyl groups is 1. The Hall–Kier alpha value is -0.870. The van der Waals surface area contributed by atoms with E-state index in [2.05, 4.69) is 16.6 Å². The van der Waals surface area contributed by atoms with Crippen LogP contribution in [0.1, 0.15) is 24.4 Å². The second kappa shape index (κ2) is 4.57. The molecule has 1 aliphatic rings.